The fraction of sp³-hybridized carbons (Fsp3) is 0.154. The number of rotatable bonds is 3. The molecule has 96 valence electrons. The molecule has 0 radical (unpaired) electrons. The Kier molecular flexibility index (Phi) is 2.85. The van der Waals surface area contributed by atoms with E-state index >= 15 is 0 Å². The Morgan fingerprint density at radius 3 is 2.68 bits per heavy atom. The maximum atomic E-state index is 10.4. The average Bonchev–Trinajstić information content (AvgIpc) is 3.08. The number of nitrogens with one attached hydrogen (secondary N) is 1. The van der Waals surface area contributed by atoms with E-state index in [1.165, 1.54) is 0 Å². The van der Waals surface area contributed by atoms with Crippen LogP contribution in [0.2, 0.25) is 0 Å². The minimum atomic E-state index is -0.758. The van der Waals surface area contributed by atoms with Gasteiger partial charge in [0.1, 0.15) is 17.6 Å². The van der Waals surface area contributed by atoms with Gasteiger partial charge in [0, 0.05) is 7.05 Å². The third kappa shape index (κ3) is 2.02. The van der Waals surface area contributed by atoms with Crippen LogP contribution in [0.25, 0.3) is 11.4 Å². The molecule has 0 aliphatic heterocycles. The van der Waals surface area contributed by atoms with Crippen molar-refractivity contribution in [1.82, 2.24) is 25.0 Å². The number of aliphatic hydroxyl groups is 1. The summed E-state index contributed by atoms with van der Waals surface area (Å²) in [7, 11) is 1.85. The molecule has 6 nitrogen and oxygen atoms in total. The van der Waals surface area contributed by atoms with Crippen LogP contribution in [0, 0.1) is 0 Å². The van der Waals surface area contributed by atoms with Gasteiger partial charge >= 0.3 is 0 Å². The second-order valence-corrected chi connectivity index (χ2v) is 4.23. The molecule has 0 bridgehead atoms. The lowest BCUT2D eigenvalue weighted by molar-refractivity contribution is 0.206. The van der Waals surface area contributed by atoms with Crippen molar-refractivity contribution >= 4 is 0 Å². The van der Waals surface area contributed by atoms with Gasteiger partial charge in [0.2, 0.25) is 0 Å². The first-order chi connectivity index (χ1) is 9.27. The van der Waals surface area contributed by atoms with E-state index in [9.17, 15) is 5.11 Å². The third-order valence-corrected chi connectivity index (χ3v) is 3.06. The van der Waals surface area contributed by atoms with Crippen molar-refractivity contribution in [2.24, 2.45) is 7.05 Å². The SMILES string of the molecule is Cn1c(-c2cn[nH]n2)cnc1C(O)c1ccccc1. The maximum Gasteiger partial charge on any atom is 0.142 e. The van der Waals surface area contributed by atoms with Crippen molar-refractivity contribution in [3.63, 3.8) is 0 Å². The van der Waals surface area contributed by atoms with Crippen molar-refractivity contribution in [2.45, 2.75) is 6.10 Å². The van der Waals surface area contributed by atoms with Crippen molar-refractivity contribution < 1.29 is 5.11 Å². The molecule has 0 spiro atoms. The van der Waals surface area contributed by atoms with Gasteiger partial charge in [-0.05, 0) is 5.56 Å². The van der Waals surface area contributed by atoms with Gasteiger partial charge in [-0.3, -0.25) is 0 Å². The molecule has 0 aliphatic carbocycles. The first-order valence-corrected chi connectivity index (χ1v) is 5.88. The lowest BCUT2D eigenvalue weighted by atomic mass is 10.1. The number of H-pyrrole nitrogens is 1. The van der Waals surface area contributed by atoms with E-state index in [1.54, 1.807) is 12.4 Å². The molecule has 2 aromatic heterocycles. The van der Waals surface area contributed by atoms with E-state index in [-0.39, 0.29) is 0 Å². The zero-order valence-corrected chi connectivity index (χ0v) is 10.4. The summed E-state index contributed by atoms with van der Waals surface area (Å²) in [5, 5.41) is 20.7. The molecular weight excluding hydrogens is 242 g/mol. The standard InChI is InChI=1S/C13H13N5O/c1-18-11(10-7-15-17-16-10)8-14-13(18)12(19)9-5-3-2-4-6-9/h2-8,12,19H,1H3,(H,15,16,17). The quantitative estimate of drug-likeness (QED) is 0.739. The van der Waals surface area contributed by atoms with E-state index in [0.29, 0.717) is 11.5 Å². The average molecular weight is 255 g/mol. The summed E-state index contributed by atoms with van der Waals surface area (Å²) in [6.45, 7) is 0. The Morgan fingerprint density at radius 2 is 2.00 bits per heavy atom. The third-order valence-electron chi connectivity index (χ3n) is 3.06. The van der Waals surface area contributed by atoms with E-state index in [1.807, 2.05) is 41.9 Å². The summed E-state index contributed by atoms with van der Waals surface area (Å²) >= 11 is 0. The van der Waals surface area contributed by atoms with Crippen molar-refractivity contribution in [3.05, 3.63) is 54.1 Å². The van der Waals surface area contributed by atoms with Gasteiger partial charge < -0.3 is 9.67 Å². The molecule has 1 unspecified atom stereocenters. The second-order valence-electron chi connectivity index (χ2n) is 4.23. The van der Waals surface area contributed by atoms with Gasteiger partial charge in [-0.1, -0.05) is 30.3 Å². The maximum absolute atomic E-state index is 10.4. The Balaban J connectivity index is 1.99. The van der Waals surface area contributed by atoms with Crippen LogP contribution in [0.3, 0.4) is 0 Å². The molecule has 1 aromatic carbocycles. The summed E-state index contributed by atoms with van der Waals surface area (Å²) in [6.07, 6.45) is 2.54. The van der Waals surface area contributed by atoms with Crippen LogP contribution in [0.1, 0.15) is 17.5 Å². The summed E-state index contributed by atoms with van der Waals surface area (Å²) in [5.74, 6) is 0.573. The summed E-state index contributed by atoms with van der Waals surface area (Å²) in [5.41, 5.74) is 2.31. The van der Waals surface area contributed by atoms with Gasteiger partial charge in [-0.15, -0.1) is 0 Å². The number of imidazole rings is 1. The number of benzene rings is 1. The number of aliphatic hydroxyl groups excluding tert-OH is 1. The van der Waals surface area contributed by atoms with E-state index in [2.05, 4.69) is 20.4 Å². The van der Waals surface area contributed by atoms with E-state index in [0.717, 1.165) is 11.3 Å². The molecular formula is C13H13N5O. The Bertz CT molecular complexity index is 660. The normalized spacial score (nSPS) is 12.5. The monoisotopic (exact) mass is 255 g/mol. The molecule has 2 heterocycles. The van der Waals surface area contributed by atoms with Crippen LogP contribution in [0.4, 0.5) is 0 Å². The predicted molar refractivity (Wildman–Crippen MR) is 69.1 cm³/mol. The number of hydrogen-bond acceptors (Lipinski definition) is 4. The highest BCUT2D eigenvalue weighted by atomic mass is 16.3. The van der Waals surface area contributed by atoms with Crippen LogP contribution in [0.5, 0.6) is 0 Å². The zero-order chi connectivity index (χ0) is 13.2. The molecule has 0 saturated carbocycles. The van der Waals surface area contributed by atoms with Gasteiger partial charge in [0.05, 0.1) is 18.1 Å². The molecule has 19 heavy (non-hydrogen) atoms. The Labute approximate surface area is 109 Å². The molecule has 2 N–H and O–H groups in total. The van der Waals surface area contributed by atoms with Crippen LogP contribution < -0.4 is 0 Å². The molecule has 0 fully saturated rings. The number of aromatic nitrogens is 5. The van der Waals surface area contributed by atoms with Gasteiger partial charge in [0.25, 0.3) is 0 Å². The van der Waals surface area contributed by atoms with Gasteiger partial charge in [-0.25, -0.2) is 4.98 Å². The van der Waals surface area contributed by atoms with E-state index < -0.39 is 6.10 Å². The number of aromatic amines is 1. The van der Waals surface area contributed by atoms with Crippen LogP contribution in [-0.2, 0) is 7.05 Å². The lowest BCUT2D eigenvalue weighted by Gasteiger charge is -2.11. The lowest BCUT2D eigenvalue weighted by Crippen LogP contribution is -2.07. The van der Waals surface area contributed by atoms with Gasteiger partial charge in [-0.2, -0.15) is 15.4 Å². The minimum absolute atomic E-state index is 0.573. The molecule has 1 atom stereocenters. The van der Waals surface area contributed by atoms with Crippen LogP contribution in [0.15, 0.2) is 42.7 Å². The fourth-order valence-corrected chi connectivity index (χ4v) is 2.03. The summed E-state index contributed by atoms with van der Waals surface area (Å²) < 4.78 is 1.82. The molecule has 0 amide bonds. The van der Waals surface area contributed by atoms with Crippen molar-refractivity contribution in [2.75, 3.05) is 0 Å². The minimum Gasteiger partial charge on any atom is -0.380 e. The largest absolute Gasteiger partial charge is 0.380 e. The Morgan fingerprint density at radius 1 is 1.21 bits per heavy atom. The zero-order valence-electron chi connectivity index (χ0n) is 10.4. The molecule has 6 heteroatoms. The number of nitrogens with zero attached hydrogens (tertiary/aromatic N) is 4. The van der Waals surface area contributed by atoms with Crippen LogP contribution in [-0.4, -0.2) is 30.1 Å². The first-order valence-electron chi connectivity index (χ1n) is 5.88. The van der Waals surface area contributed by atoms with Gasteiger partial charge in [0.15, 0.2) is 0 Å². The second kappa shape index (κ2) is 4.66. The highest BCUT2D eigenvalue weighted by Gasteiger charge is 2.18. The smallest absolute Gasteiger partial charge is 0.142 e. The van der Waals surface area contributed by atoms with Crippen LogP contribution >= 0.6 is 0 Å². The first kappa shape index (κ1) is 11.6. The highest BCUT2D eigenvalue weighted by Crippen LogP contribution is 2.24. The topological polar surface area (TPSA) is 79.6 Å². The van der Waals surface area contributed by atoms with Crippen molar-refractivity contribution in [3.8, 4) is 11.4 Å². The Hall–Kier alpha value is -2.47. The molecule has 3 rings (SSSR count). The fourth-order valence-electron chi connectivity index (χ4n) is 2.03. The molecule has 0 saturated heterocycles. The van der Waals surface area contributed by atoms with E-state index in [4.69, 9.17) is 0 Å². The van der Waals surface area contributed by atoms with Crippen molar-refractivity contribution in [1.29, 1.82) is 0 Å². The molecule has 0 aliphatic rings. The predicted octanol–water partition coefficient (Wildman–Crippen LogP) is 1.29. The number of hydrogen-bond donors (Lipinski definition) is 2. The summed E-state index contributed by atoms with van der Waals surface area (Å²) in [4.78, 5) is 4.28. The molecule has 3 aromatic rings. The summed E-state index contributed by atoms with van der Waals surface area (Å²) in [6, 6.07) is 9.43. The highest BCUT2D eigenvalue weighted by molar-refractivity contribution is 5.52.